The molecule has 12 heavy (non-hydrogen) atoms. The molecule has 8 heteroatoms. The van der Waals surface area contributed by atoms with Gasteiger partial charge in [-0.2, -0.15) is 0 Å². The highest BCUT2D eigenvalue weighted by Gasteiger charge is 2.21. The molecule has 0 aromatic carbocycles. The van der Waals surface area contributed by atoms with Crippen LogP contribution in [0.2, 0.25) is 0 Å². The second-order valence-electron chi connectivity index (χ2n) is 2.44. The zero-order valence-electron chi connectivity index (χ0n) is 6.47. The summed E-state index contributed by atoms with van der Waals surface area (Å²) in [6.45, 7) is 3.50. The van der Waals surface area contributed by atoms with Crippen LogP contribution in [0, 0.1) is 0 Å². The molecule has 0 aliphatic carbocycles. The predicted molar refractivity (Wildman–Crippen MR) is 41.2 cm³/mol. The molecule has 0 aliphatic heterocycles. The Kier molecular flexibility index (Phi) is 2.34. The third-order valence-electron chi connectivity index (χ3n) is 1.17. The van der Waals surface area contributed by atoms with Gasteiger partial charge in [-0.15, -0.1) is 0 Å². The quantitative estimate of drug-likeness (QED) is 0.651. The summed E-state index contributed by atoms with van der Waals surface area (Å²) < 4.78 is 22.8. The third kappa shape index (κ3) is 1.72. The van der Waals surface area contributed by atoms with Crippen molar-refractivity contribution >= 4 is 19.7 Å². The van der Waals surface area contributed by atoms with E-state index in [-0.39, 0.29) is 11.2 Å². The fraction of sp³-hybridized carbons (Fsp3) is 0.750. The number of hydrogen-bond donors (Lipinski definition) is 0. The molecule has 6 nitrogen and oxygen atoms in total. The minimum atomic E-state index is -3.84. The molecule has 0 N–H and O–H groups in total. The van der Waals surface area contributed by atoms with E-state index >= 15 is 0 Å². The molecule has 68 valence electrons. The van der Waals surface area contributed by atoms with Crippen LogP contribution in [-0.4, -0.2) is 28.6 Å². The number of aromatic nitrogens is 4. The van der Waals surface area contributed by atoms with Gasteiger partial charge in [0.1, 0.15) is 0 Å². The molecule has 0 spiro atoms. The largest absolute Gasteiger partial charge is 0.298 e. The molecule has 0 amide bonds. The Hall–Kier alpha value is -0.690. The van der Waals surface area contributed by atoms with E-state index in [1.165, 1.54) is 0 Å². The number of hydrogen-bond acceptors (Lipinski definition) is 5. The molecule has 1 heterocycles. The minimum Gasteiger partial charge on any atom is -0.213 e. The molecule has 0 unspecified atom stereocenters. The zero-order valence-corrected chi connectivity index (χ0v) is 8.04. The second-order valence-corrected chi connectivity index (χ2v) is 4.90. The lowest BCUT2D eigenvalue weighted by molar-refractivity contribution is 0.467. The summed E-state index contributed by atoms with van der Waals surface area (Å²) in [5.74, 6) is 0. The van der Waals surface area contributed by atoms with Crippen LogP contribution in [-0.2, 0) is 9.05 Å². The Morgan fingerprint density at radius 2 is 2.08 bits per heavy atom. The van der Waals surface area contributed by atoms with Gasteiger partial charge in [-0.1, -0.05) is 5.10 Å². The van der Waals surface area contributed by atoms with Gasteiger partial charge >= 0.3 is 0 Å². The fourth-order valence-electron chi connectivity index (χ4n) is 0.670. The summed E-state index contributed by atoms with van der Waals surface area (Å²) in [5, 5.41) is 9.65. The monoisotopic (exact) mass is 210 g/mol. The van der Waals surface area contributed by atoms with E-state index < -0.39 is 9.05 Å². The standard InChI is InChI=1S/C4H7ClN4O2S/c1-3(2)9-4(6-7-8-9)12(5,10)11/h3H,1-2H3. The van der Waals surface area contributed by atoms with Crippen molar-refractivity contribution in [2.24, 2.45) is 0 Å². The normalized spacial score (nSPS) is 12.3. The van der Waals surface area contributed by atoms with Crippen LogP contribution in [0.4, 0.5) is 0 Å². The topological polar surface area (TPSA) is 77.7 Å². The van der Waals surface area contributed by atoms with Gasteiger partial charge in [0.2, 0.25) is 0 Å². The van der Waals surface area contributed by atoms with Gasteiger partial charge in [0.25, 0.3) is 14.2 Å². The van der Waals surface area contributed by atoms with E-state index in [1.807, 2.05) is 0 Å². The maximum atomic E-state index is 10.8. The van der Waals surface area contributed by atoms with Gasteiger partial charge in [0, 0.05) is 10.7 Å². The van der Waals surface area contributed by atoms with E-state index in [4.69, 9.17) is 10.7 Å². The van der Waals surface area contributed by atoms with E-state index in [0.717, 1.165) is 4.68 Å². The van der Waals surface area contributed by atoms with Gasteiger partial charge in [-0.05, 0) is 24.3 Å². The second kappa shape index (κ2) is 2.98. The van der Waals surface area contributed by atoms with Gasteiger partial charge in [-0.25, -0.2) is 13.1 Å². The molecule has 0 fully saturated rings. The highest BCUT2D eigenvalue weighted by molar-refractivity contribution is 8.13. The van der Waals surface area contributed by atoms with E-state index in [1.54, 1.807) is 13.8 Å². The van der Waals surface area contributed by atoms with Crippen molar-refractivity contribution in [2.75, 3.05) is 0 Å². The molecule has 0 bridgehead atoms. The van der Waals surface area contributed by atoms with Crippen molar-refractivity contribution in [1.29, 1.82) is 0 Å². The van der Waals surface area contributed by atoms with Crippen LogP contribution < -0.4 is 0 Å². The van der Waals surface area contributed by atoms with Crippen LogP contribution in [0.1, 0.15) is 19.9 Å². The first-order chi connectivity index (χ1) is 5.43. The molecule has 0 saturated carbocycles. The van der Waals surface area contributed by atoms with Crippen molar-refractivity contribution < 1.29 is 8.42 Å². The van der Waals surface area contributed by atoms with E-state index in [0.29, 0.717) is 0 Å². The Morgan fingerprint density at radius 3 is 2.42 bits per heavy atom. The van der Waals surface area contributed by atoms with Crippen molar-refractivity contribution in [3.05, 3.63) is 0 Å². The van der Waals surface area contributed by atoms with E-state index in [9.17, 15) is 8.42 Å². The molecule has 0 radical (unpaired) electrons. The van der Waals surface area contributed by atoms with Crippen LogP contribution in [0.15, 0.2) is 5.16 Å². The molecule has 0 aliphatic rings. The lowest BCUT2D eigenvalue weighted by Crippen LogP contribution is -2.10. The molecular weight excluding hydrogens is 204 g/mol. The van der Waals surface area contributed by atoms with Crippen LogP contribution in [0.5, 0.6) is 0 Å². The lowest BCUT2D eigenvalue weighted by Gasteiger charge is -2.03. The predicted octanol–water partition coefficient (Wildman–Crippen LogP) is 0.182. The highest BCUT2D eigenvalue weighted by Crippen LogP contribution is 2.13. The smallest absolute Gasteiger partial charge is 0.213 e. The number of halogens is 1. The highest BCUT2D eigenvalue weighted by atomic mass is 35.7. The summed E-state index contributed by atoms with van der Waals surface area (Å²) in [6, 6.07) is -0.136. The average molecular weight is 211 g/mol. The first-order valence-corrected chi connectivity index (χ1v) is 5.46. The summed E-state index contributed by atoms with van der Waals surface area (Å²) >= 11 is 0. The molecule has 0 saturated heterocycles. The van der Waals surface area contributed by atoms with Gasteiger partial charge in [-0.3, -0.25) is 0 Å². The SMILES string of the molecule is CC(C)n1nnnc1S(=O)(=O)Cl. The lowest BCUT2D eigenvalue weighted by atomic mass is 10.4. The Balaban J connectivity index is 3.26. The Morgan fingerprint density at radius 1 is 1.50 bits per heavy atom. The molecular formula is C4H7ClN4O2S. The molecule has 1 rings (SSSR count). The summed E-state index contributed by atoms with van der Waals surface area (Å²) in [6.07, 6.45) is 0. The third-order valence-corrected chi connectivity index (χ3v) is 2.29. The molecule has 1 aromatic rings. The number of tetrazole rings is 1. The van der Waals surface area contributed by atoms with Crippen molar-refractivity contribution in [1.82, 2.24) is 20.2 Å². The fourth-order valence-corrected chi connectivity index (χ4v) is 1.58. The molecule has 1 aromatic heterocycles. The first-order valence-electron chi connectivity index (χ1n) is 3.15. The Labute approximate surface area is 73.9 Å². The summed E-state index contributed by atoms with van der Waals surface area (Å²) in [5.41, 5.74) is 0. The van der Waals surface area contributed by atoms with Crippen molar-refractivity contribution in [3.8, 4) is 0 Å². The van der Waals surface area contributed by atoms with Crippen LogP contribution in [0.3, 0.4) is 0 Å². The van der Waals surface area contributed by atoms with E-state index in [2.05, 4.69) is 15.5 Å². The average Bonchev–Trinajstić information content (AvgIpc) is 2.30. The maximum absolute atomic E-state index is 10.8. The van der Waals surface area contributed by atoms with Gasteiger partial charge in [0.15, 0.2) is 0 Å². The summed E-state index contributed by atoms with van der Waals surface area (Å²) in [4.78, 5) is 0. The van der Waals surface area contributed by atoms with Crippen molar-refractivity contribution in [3.63, 3.8) is 0 Å². The first kappa shape index (κ1) is 9.40. The van der Waals surface area contributed by atoms with Gasteiger partial charge in [0.05, 0.1) is 6.04 Å². The zero-order chi connectivity index (χ0) is 9.35. The Bertz CT molecular complexity index is 370. The van der Waals surface area contributed by atoms with Crippen LogP contribution in [0.25, 0.3) is 0 Å². The summed E-state index contributed by atoms with van der Waals surface area (Å²) in [7, 11) is 1.22. The minimum absolute atomic E-state index is 0.136. The van der Waals surface area contributed by atoms with Crippen molar-refractivity contribution in [2.45, 2.75) is 25.0 Å². The number of nitrogens with zero attached hydrogens (tertiary/aromatic N) is 4. The maximum Gasteiger partial charge on any atom is 0.298 e. The van der Waals surface area contributed by atoms with Gasteiger partial charge < -0.3 is 0 Å². The number of rotatable bonds is 2. The van der Waals surface area contributed by atoms with Crippen LogP contribution >= 0.6 is 10.7 Å². The molecule has 0 atom stereocenters.